The third-order valence-electron chi connectivity index (χ3n) is 4.72. The SMILES string of the molecule is O=C(/C=C1/NCC2c3ccccc3CCN2C1=O)c1ccccc1. The Hall–Kier alpha value is -2.88. The van der Waals surface area contributed by atoms with Gasteiger partial charge in [0.25, 0.3) is 5.91 Å². The van der Waals surface area contributed by atoms with Gasteiger partial charge in [0, 0.05) is 24.7 Å². The van der Waals surface area contributed by atoms with Crippen molar-refractivity contribution in [2.45, 2.75) is 12.5 Å². The summed E-state index contributed by atoms with van der Waals surface area (Å²) >= 11 is 0. The molecule has 0 aliphatic carbocycles. The molecule has 0 saturated carbocycles. The lowest BCUT2D eigenvalue weighted by Crippen LogP contribution is -2.51. The first kappa shape index (κ1) is 14.7. The van der Waals surface area contributed by atoms with Gasteiger partial charge in [-0.1, -0.05) is 54.6 Å². The van der Waals surface area contributed by atoms with Crippen molar-refractivity contribution >= 4 is 11.7 Å². The summed E-state index contributed by atoms with van der Waals surface area (Å²) in [6.45, 7) is 1.33. The zero-order valence-electron chi connectivity index (χ0n) is 13.2. The quantitative estimate of drug-likeness (QED) is 0.684. The first-order chi connectivity index (χ1) is 11.7. The molecule has 1 amide bonds. The molecule has 24 heavy (non-hydrogen) atoms. The van der Waals surface area contributed by atoms with E-state index in [0.717, 1.165) is 6.42 Å². The molecule has 4 heteroatoms. The Morgan fingerprint density at radius 2 is 1.83 bits per heavy atom. The minimum Gasteiger partial charge on any atom is -0.378 e. The van der Waals surface area contributed by atoms with Crippen molar-refractivity contribution in [2.24, 2.45) is 0 Å². The van der Waals surface area contributed by atoms with Crippen molar-refractivity contribution in [1.29, 1.82) is 0 Å². The molecule has 4 rings (SSSR count). The number of nitrogens with one attached hydrogen (secondary N) is 1. The third-order valence-corrected chi connectivity index (χ3v) is 4.72. The van der Waals surface area contributed by atoms with Crippen LogP contribution in [-0.2, 0) is 11.2 Å². The van der Waals surface area contributed by atoms with E-state index in [-0.39, 0.29) is 17.7 Å². The molecule has 2 aliphatic heterocycles. The Labute approximate surface area is 140 Å². The van der Waals surface area contributed by atoms with E-state index in [4.69, 9.17) is 0 Å². The number of hydrogen-bond donors (Lipinski definition) is 1. The number of amides is 1. The molecular formula is C20H18N2O2. The molecule has 120 valence electrons. The Kier molecular flexibility index (Phi) is 3.65. The lowest BCUT2D eigenvalue weighted by molar-refractivity contribution is -0.132. The Balaban J connectivity index is 1.60. The minimum atomic E-state index is -0.151. The summed E-state index contributed by atoms with van der Waals surface area (Å²) < 4.78 is 0. The van der Waals surface area contributed by atoms with Gasteiger partial charge in [-0.05, 0) is 17.5 Å². The van der Waals surface area contributed by atoms with Crippen LogP contribution in [0.1, 0.15) is 27.5 Å². The van der Waals surface area contributed by atoms with Gasteiger partial charge in [-0.2, -0.15) is 0 Å². The van der Waals surface area contributed by atoms with Gasteiger partial charge in [-0.15, -0.1) is 0 Å². The molecule has 4 nitrogen and oxygen atoms in total. The highest BCUT2D eigenvalue weighted by Gasteiger charge is 2.36. The van der Waals surface area contributed by atoms with Crippen LogP contribution < -0.4 is 5.32 Å². The average Bonchev–Trinajstić information content (AvgIpc) is 2.64. The Bertz CT molecular complexity index is 827. The van der Waals surface area contributed by atoms with Crippen molar-refractivity contribution in [1.82, 2.24) is 10.2 Å². The van der Waals surface area contributed by atoms with Crippen molar-refractivity contribution in [2.75, 3.05) is 13.1 Å². The zero-order chi connectivity index (χ0) is 16.5. The van der Waals surface area contributed by atoms with E-state index in [1.54, 1.807) is 12.1 Å². The maximum Gasteiger partial charge on any atom is 0.270 e. The fraction of sp³-hybridized carbons (Fsp3) is 0.200. The average molecular weight is 318 g/mol. The summed E-state index contributed by atoms with van der Waals surface area (Å²) in [5, 5.41) is 3.16. The molecule has 1 N–H and O–H groups in total. The molecule has 0 bridgehead atoms. The van der Waals surface area contributed by atoms with Crippen molar-refractivity contribution in [3.63, 3.8) is 0 Å². The summed E-state index contributed by atoms with van der Waals surface area (Å²) in [4.78, 5) is 27.0. The highest BCUT2D eigenvalue weighted by Crippen LogP contribution is 2.32. The predicted molar refractivity (Wildman–Crippen MR) is 91.5 cm³/mol. The fourth-order valence-corrected chi connectivity index (χ4v) is 3.48. The summed E-state index contributed by atoms with van der Waals surface area (Å²) in [7, 11) is 0. The number of nitrogens with zero attached hydrogens (tertiary/aromatic N) is 1. The van der Waals surface area contributed by atoms with E-state index in [1.807, 2.05) is 35.2 Å². The van der Waals surface area contributed by atoms with Gasteiger partial charge in [0.05, 0.1) is 6.04 Å². The van der Waals surface area contributed by atoms with Crippen LogP contribution in [0.4, 0.5) is 0 Å². The monoisotopic (exact) mass is 318 g/mol. The van der Waals surface area contributed by atoms with Crippen molar-refractivity contribution in [3.05, 3.63) is 83.1 Å². The molecule has 1 fully saturated rings. The maximum atomic E-state index is 12.8. The van der Waals surface area contributed by atoms with Crippen molar-refractivity contribution < 1.29 is 9.59 Å². The van der Waals surface area contributed by atoms with Gasteiger partial charge < -0.3 is 10.2 Å². The lowest BCUT2D eigenvalue weighted by Gasteiger charge is -2.41. The number of benzene rings is 2. The van der Waals surface area contributed by atoms with Gasteiger partial charge in [0.1, 0.15) is 5.70 Å². The van der Waals surface area contributed by atoms with Crippen LogP contribution in [0.2, 0.25) is 0 Å². The number of rotatable bonds is 2. The highest BCUT2D eigenvalue weighted by atomic mass is 16.2. The molecule has 0 spiro atoms. The molecule has 0 radical (unpaired) electrons. The van der Waals surface area contributed by atoms with Gasteiger partial charge in [0.2, 0.25) is 0 Å². The van der Waals surface area contributed by atoms with Crippen LogP contribution in [0, 0.1) is 0 Å². The van der Waals surface area contributed by atoms with Crippen LogP contribution in [0.15, 0.2) is 66.4 Å². The zero-order valence-corrected chi connectivity index (χ0v) is 13.2. The topological polar surface area (TPSA) is 49.4 Å². The molecular weight excluding hydrogens is 300 g/mol. The summed E-state index contributed by atoms with van der Waals surface area (Å²) in [5.41, 5.74) is 3.49. The van der Waals surface area contributed by atoms with E-state index in [1.165, 1.54) is 17.2 Å². The second-order valence-electron chi connectivity index (χ2n) is 6.13. The number of carbonyl (C=O) groups excluding carboxylic acids is 2. The number of ketones is 1. The second kappa shape index (κ2) is 5.96. The van der Waals surface area contributed by atoms with E-state index < -0.39 is 0 Å². The molecule has 2 aromatic rings. The normalized spacial score (nSPS) is 21.0. The highest BCUT2D eigenvalue weighted by molar-refractivity contribution is 6.09. The van der Waals surface area contributed by atoms with Crippen LogP contribution >= 0.6 is 0 Å². The summed E-state index contributed by atoms with van der Waals surface area (Å²) in [6, 6.07) is 17.3. The number of fused-ring (bicyclic) bond motifs is 3. The van der Waals surface area contributed by atoms with Gasteiger partial charge in [0.15, 0.2) is 5.78 Å². The lowest BCUT2D eigenvalue weighted by atomic mass is 9.90. The fourth-order valence-electron chi connectivity index (χ4n) is 3.48. The molecule has 1 atom stereocenters. The standard InChI is InChI=1S/C20H18N2O2/c23-19(15-7-2-1-3-8-15)12-17-20(24)22-11-10-14-6-4-5-9-16(14)18(22)13-21-17/h1-9,12,18,21H,10-11,13H2/b17-12+. The molecule has 2 aliphatic rings. The number of piperazine rings is 1. The van der Waals surface area contributed by atoms with E-state index in [0.29, 0.717) is 24.4 Å². The molecule has 2 aromatic carbocycles. The summed E-state index contributed by atoms with van der Waals surface area (Å²) in [6.07, 6.45) is 2.28. The van der Waals surface area contributed by atoms with E-state index >= 15 is 0 Å². The van der Waals surface area contributed by atoms with E-state index in [9.17, 15) is 9.59 Å². The molecule has 2 heterocycles. The first-order valence-corrected chi connectivity index (χ1v) is 8.18. The van der Waals surface area contributed by atoms with E-state index in [2.05, 4.69) is 17.4 Å². The Morgan fingerprint density at radius 3 is 2.67 bits per heavy atom. The Morgan fingerprint density at radius 1 is 1.08 bits per heavy atom. The smallest absolute Gasteiger partial charge is 0.270 e. The van der Waals surface area contributed by atoms with Gasteiger partial charge in [-0.3, -0.25) is 9.59 Å². The van der Waals surface area contributed by atoms with Gasteiger partial charge >= 0.3 is 0 Å². The molecule has 1 saturated heterocycles. The first-order valence-electron chi connectivity index (χ1n) is 8.18. The van der Waals surface area contributed by atoms with Crippen LogP contribution in [-0.4, -0.2) is 29.7 Å². The van der Waals surface area contributed by atoms with Crippen molar-refractivity contribution in [3.8, 4) is 0 Å². The predicted octanol–water partition coefficient (Wildman–Crippen LogP) is 2.48. The number of hydrogen-bond acceptors (Lipinski definition) is 3. The third kappa shape index (κ3) is 2.50. The molecule has 0 aromatic heterocycles. The van der Waals surface area contributed by atoms with Gasteiger partial charge in [-0.25, -0.2) is 0 Å². The number of allylic oxidation sites excluding steroid dienone is 1. The summed E-state index contributed by atoms with van der Waals surface area (Å²) in [5.74, 6) is -0.243. The number of carbonyl (C=O) groups is 2. The second-order valence-corrected chi connectivity index (χ2v) is 6.13. The minimum absolute atomic E-state index is 0.0476. The van der Waals surface area contributed by atoms with Crippen LogP contribution in [0.25, 0.3) is 0 Å². The van der Waals surface area contributed by atoms with Crippen LogP contribution in [0.5, 0.6) is 0 Å². The largest absolute Gasteiger partial charge is 0.378 e. The van der Waals surface area contributed by atoms with Crippen LogP contribution in [0.3, 0.4) is 0 Å². The maximum absolute atomic E-state index is 12.8. The molecule has 1 unspecified atom stereocenters.